The number of fused-ring (bicyclic) bond motifs is 2. The number of halogens is 1. The van der Waals surface area contributed by atoms with Crippen molar-refractivity contribution in [3.63, 3.8) is 0 Å². The molecule has 1 aliphatic heterocycles. The fraction of sp³-hybridized carbons (Fsp3) is 0.452. The van der Waals surface area contributed by atoms with Crippen molar-refractivity contribution in [3.8, 4) is 6.01 Å². The Balaban J connectivity index is 1.25. The summed E-state index contributed by atoms with van der Waals surface area (Å²) in [5.74, 6) is -0.977. The summed E-state index contributed by atoms with van der Waals surface area (Å²) in [5, 5.41) is 3.50. The van der Waals surface area contributed by atoms with E-state index in [1.807, 2.05) is 31.7 Å². The van der Waals surface area contributed by atoms with Gasteiger partial charge in [0.1, 0.15) is 5.60 Å². The molecule has 1 aromatic carbocycles. The van der Waals surface area contributed by atoms with E-state index in [1.54, 1.807) is 36.0 Å². The first-order chi connectivity index (χ1) is 20.5. The first kappa shape index (κ1) is 28.6. The molecule has 1 saturated heterocycles. The number of ether oxygens (including phenoxy) is 2. The molecule has 12 heteroatoms. The number of anilines is 2. The summed E-state index contributed by atoms with van der Waals surface area (Å²) in [5.41, 5.74) is 2.24. The Morgan fingerprint density at radius 1 is 1.07 bits per heavy atom. The van der Waals surface area contributed by atoms with Crippen LogP contribution in [0.2, 0.25) is 0 Å². The van der Waals surface area contributed by atoms with Crippen LogP contribution in [0.4, 0.5) is 20.6 Å². The number of imidazole rings is 1. The third-order valence-electron chi connectivity index (χ3n) is 7.76. The number of aryl methyl sites for hydroxylation is 1. The number of nitrogens with zero attached hydrogens (tertiary/aromatic N) is 6. The summed E-state index contributed by atoms with van der Waals surface area (Å²) in [6, 6.07) is 5.34. The SMILES string of the molecule is COc1ncc2c(N3CCC(N(C(=O)OC(C)(C)C)C4CC4)CC3)ccc(C(=O)Nc3cc(F)c4nc(C)cn4c3)c2n1. The average Bonchev–Trinajstić information content (AvgIpc) is 3.71. The maximum Gasteiger partial charge on any atom is 0.410 e. The predicted molar refractivity (Wildman–Crippen MR) is 160 cm³/mol. The Hall–Kier alpha value is -4.48. The van der Waals surface area contributed by atoms with E-state index in [0.29, 0.717) is 35.2 Å². The standard InChI is InChI=1S/C31H36FN7O4/c1-18-16-38-17-19(14-24(32)27(38)34-18)35-28(40)22-8-9-25(23-15-33-29(42-5)36-26(22)23)37-12-10-21(11-13-37)39(20-6-7-20)30(41)43-31(2,3)4/h8-9,14-17,20-21H,6-7,10-13H2,1-5H3,(H,35,40). The van der Waals surface area contributed by atoms with E-state index in [1.165, 1.54) is 13.2 Å². The second kappa shape index (κ2) is 11.0. The van der Waals surface area contributed by atoms with Gasteiger partial charge in [0.25, 0.3) is 5.91 Å². The lowest BCUT2D eigenvalue weighted by Crippen LogP contribution is -2.50. The molecule has 0 unspecified atom stereocenters. The lowest BCUT2D eigenvalue weighted by Gasteiger charge is -2.40. The van der Waals surface area contributed by atoms with E-state index in [-0.39, 0.29) is 35.5 Å². The molecule has 1 aliphatic carbocycles. The van der Waals surface area contributed by atoms with Crippen molar-refractivity contribution in [3.05, 3.63) is 53.9 Å². The Morgan fingerprint density at radius 3 is 2.47 bits per heavy atom. The summed E-state index contributed by atoms with van der Waals surface area (Å²) in [4.78, 5) is 43.8. The fourth-order valence-corrected chi connectivity index (χ4v) is 5.74. The topological polar surface area (TPSA) is 114 Å². The molecule has 2 fully saturated rings. The Kier molecular flexibility index (Phi) is 7.31. The quantitative estimate of drug-likeness (QED) is 0.320. The highest BCUT2D eigenvalue weighted by molar-refractivity contribution is 6.13. The summed E-state index contributed by atoms with van der Waals surface area (Å²) in [6.45, 7) is 8.88. The third-order valence-corrected chi connectivity index (χ3v) is 7.76. The van der Waals surface area contributed by atoms with Crippen LogP contribution in [0.3, 0.4) is 0 Å². The molecule has 0 bridgehead atoms. The molecule has 0 spiro atoms. The monoisotopic (exact) mass is 589 g/mol. The van der Waals surface area contributed by atoms with Crippen molar-refractivity contribution in [1.82, 2.24) is 24.3 Å². The Labute approximate surface area is 249 Å². The number of benzene rings is 1. The number of methoxy groups -OCH3 is 1. The fourth-order valence-electron chi connectivity index (χ4n) is 5.74. The van der Waals surface area contributed by atoms with Gasteiger partial charge in [-0.15, -0.1) is 0 Å². The first-order valence-corrected chi connectivity index (χ1v) is 14.6. The van der Waals surface area contributed by atoms with Gasteiger partial charge >= 0.3 is 12.1 Å². The maximum atomic E-state index is 14.7. The number of carbonyl (C=O) groups is 2. The molecule has 4 heterocycles. The van der Waals surface area contributed by atoms with Crippen molar-refractivity contribution in [1.29, 1.82) is 0 Å². The van der Waals surface area contributed by atoms with Crippen LogP contribution in [0.25, 0.3) is 16.6 Å². The number of hydrogen-bond acceptors (Lipinski definition) is 8. The lowest BCUT2D eigenvalue weighted by molar-refractivity contribution is 0.0114. The molecule has 0 atom stereocenters. The van der Waals surface area contributed by atoms with E-state index in [4.69, 9.17) is 9.47 Å². The van der Waals surface area contributed by atoms with Crippen LogP contribution in [-0.2, 0) is 4.74 Å². The number of aromatic nitrogens is 4. The molecule has 0 radical (unpaired) electrons. The molecule has 226 valence electrons. The van der Waals surface area contributed by atoms with Gasteiger partial charge in [0.2, 0.25) is 0 Å². The zero-order chi connectivity index (χ0) is 30.5. The highest BCUT2D eigenvalue weighted by atomic mass is 19.1. The second-order valence-electron chi connectivity index (χ2n) is 12.2. The smallest absolute Gasteiger partial charge is 0.410 e. The molecule has 4 aromatic rings. The molecule has 2 amide bonds. The van der Waals surface area contributed by atoms with Crippen molar-refractivity contribution in [2.45, 2.75) is 71.1 Å². The molecule has 1 saturated carbocycles. The number of piperidine rings is 1. The number of hydrogen-bond donors (Lipinski definition) is 1. The zero-order valence-electron chi connectivity index (χ0n) is 25.1. The van der Waals surface area contributed by atoms with Crippen LogP contribution in [-0.4, -0.2) is 74.1 Å². The molecular formula is C31H36FN7O4. The molecule has 43 heavy (non-hydrogen) atoms. The normalized spacial score (nSPS) is 16.0. The minimum atomic E-state index is -0.543. The van der Waals surface area contributed by atoms with Crippen molar-refractivity contribution < 1.29 is 23.5 Å². The minimum absolute atomic E-state index is 0.100. The van der Waals surface area contributed by atoms with E-state index in [0.717, 1.165) is 31.4 Å². The van der Waals surface area contributed by atoms with Crippen LogP contribution < -0.4 is 15.0 Å². The van der Waals surface area contributed by atoms with Gasteiger partial charge in [-0.1, -0.05) is 0 Å². The average molecular weight is 590 g/mol. The summed E-state index contributed by atoms with van der Waals surface area (Å²) < 4.78 is 27.2. The van der Waals surface area contributed by atoms with Crippen molar-refractivity contribution in [2.24, 2.45) is 0 Å². The number of pyridine rings is 1. The predicted octanol–water partition coefficient (Wildman–Crippen LogP) is 5.35. The molecule has 11 nitrogen and oxygen atoms in total. The van der Waals surface area contributed by atoms with Crippen LogP contribution >= 0.6 is 0 Å². The second-order valence-corrected chi connectivity index (χ2v) is 12.2. The van der Waals surface area contributed by atoms with Gasteiger partial charge in [0.15, 0.2) is 11.5 Å². The van der Waals surface area contributed by atoms with Crippen LogP contribution in [0.5, 0.6) is 6.01 Å². The van der Waals surface area contributed by atoms with Crippen LogP contribution in [0, 0.1) is 12.7 Å². The van der Waals surface area contributed by atoms with Crippen molar-refractivity contribution >= 4 is 39.9 Å². The summed E-state index contributed by atoms with van der Waals surface area (Å²) in [7, 11) is 1.47. The molecule has 1 N–H and O–H groups in total. The number of nitrogens with one attached hydrogen (secondary N) is 1. The highest BCUT2D eigenvalue weighted by Crippen LogP contribution is 2.36. The highest BCUT2D eigenvalue weighted by Gasteiger charge is 2.41. The lowest BCUT2D eigenvalue weighted by atomic mass is 10.0. The summed E-state index contributed by atoms with van der Waals surface area (Å²) in [6.07, 6.45) is 8.33. The van der Waals surface area contributed by atoms with E-state index in [2.05, 4.69) is 25.2 Å². The van der Waals surface area contributed by atoms with Crippen LogP contribution in [0.15, 0.2) is 36.8 Å². The molecule has 2 aliphatic rings. The Morgan fingerprint density at radius 2 is 1.79 bits per heavy atom. The van der Waals surface area contributed by atoms with Gasteiger partial charge in [-0.25, -0.2) is 19.2 Å². The third kappa shape index (κ3) is 5.91. The molecule has 3 aromatic heterocycles. The van der Waals surface area contributed by atoms with Gasteiger partial charge in [-0.05, 0) is 65.5 Å². The van der Waals surface area contributed by atoms with Gasteiger partial charge in [0, 0.05) is 60.9 Å². The largest absolute Gasteiger partial charge is 0.467 e. The van der Waals surface area contributed by atoms with E-state index >= 15 is 0 Å². The van der Waals surface area contributed by atoms with Gasteiger partial charge in [0.05, 0.1) is 29.6 Å². The van der Waals surface area contributed by atoms with Crippen LogP contribution in [0.1, 0.15) is 62.5 Å². The molecule has 6 rings (SSSR count). The molecular weight excluding hydrogens is 553 g/mol. The Bertz CT molecular complexity index is 1700. The zero-order valence-corrected chi connectivity index (χ0v) is 25.1. The van der Waals surface area contributed by atoms with Gasteiger partial charge < -0.3 is 29.0 Å². The number of amides is 2. The number of rotatable bonds is 6. The van der Waals surface area contributed by atoms with E-state index in [9.17, 15) is 14.0 Å². The first-order valence-electron chi connectivity index (χ1n) is 14.6. The maximum absolute atomic E-state index is 14.7. The van der Waals surface area contributed by atoms with Gasteiger partial charge in [-0.2, -0.15) is 4.98 Å². The van der Waals surface area contributed by atoms with E-state index < -0.39 is 17.3 Å². The van der Waals surface area contributed by atoms with Gasteiger partial charge in [-0.3, -0.25) is 4.79 Å². The van der Waals surface area contributed by atoms with Crippen molar-refractivity contribution in [2.75, 3.05) is 30.4 Å². The minimum Gasteiger partial charge on any atom is -0.467 e. The summed E-state index contributed by atoms with van der Waals surface area (Å²) >= 11 is 0. The number of carbonyl (C=O) groups excluding carboxylic acids is 2.